The molecule has 1 fully saturated rings. The minimum Gasteiger partial charge on any atom is -0.345 e. The summed E-state index contributed by atoms with van der Waals surface area (Å²) in [6.45, 7) is 4.57. The lowest BCUT2D eigenvalue weighted by molar-refractivity contribution is -0.126. The number of rotatable bonds is 5. The van der Waals surface area contributed by atoms with Crippen LogP contribution in [0.15, 0.2) is 0 Å². The first-order valence-corrected chi connectivity index (χ1v) is 6.41. The molecule has 100 valence electrons. The Bertz CT molecular complexity index is 416. The Labute approximate surface area is 107 Å². The zero-order chi connectivity index (χ0) is 13.1. The minimum atomic E-state index is 0.251. The summed E-state index contributed by atoms with van der Waals surface area (Å²) in [5.74, 6) is 2.43. The van der Waals surface area contributed by atoms with E-state index in [1.54, 1.807) is 0 Å². The lowest BCUT2D eigenvalue weighted by Gasteiger charge is -2.19. The van der Waals surface area contributed by atoms with Gasteiger partial charge in [0, 0.05) is 33.0 Å². The van der Waals surface area contributed by atoms with Crippen molar-refractivity contribution in [1.82, 2.24) is 25.0 Å². The van der Waals surface area contributed by atoms with Crippen LogP contribution < -0.4 is 0 Å². The average Bonchev–Trinajstić information content (AvgIpc) is 2.87. The molecule has 1 amide bonds. The van der Waals surface area contributed by atoms with Gasteiger partial charge in [-0.15, -0.1) is 0 Å². The van der Waals surface area contributed by atoms with Gasteiger partial charge in [-0.1, -0.05) is 6.92 Å². The quantitative estimate of drug-likeness (QED) is 0.816. The number of aromatic amines is 1. The highest BCUT2D eigenvalue weighted by molar-refractivity contribution is 5.78. The molecule has 1 aromatic rings. The van der Waals surface area contributed by atoms with E-state index in [9.17, 15) is 4.79 Å². The average molecular weight is 251 g/mol. The molecule has 0 bridgehead atoms. The van der Waals surface area contributed by atoms with Crippen LogP contribution >= 0.6 is 0 Å². The molecule has 2 rings (SSSR count). The molecule has 1 aliphatic rings. The van der Waals surface area contributed by atoms with Crippen LogP contribution in [-0.2, 0) is 17.8 Å². The summed E-state index contributed by atoms with van der Waals surface area (Å²) >= 11 is 0. The van der Waals surface area contributed by atoms with E-state index >= 15 is 0 Å². The standard InChI is InChI=1S/C12H21N5O/c1-4-10-13-11(15-14-10)8-16(2)6-9-5-12(18)17(3)7-9/h9H,4-8H2,1-3H3,(H,13,14,15)/t9-/m0/s1. The van der Waals surface area contributed by atoms with E-state index in [1.807, 2.05) is 18.9 Å². The third kappa shape index (κ3) is 3.07. The highest BCUT2D eigenvalue weighted by atomic mass is 16.2. The number of hydrogen-bond acceptors (Lipinski definition) is 4. The van der Waals surface area contributed by atoms with Crippen LogP contribution in [0.3, 0.4) is 0 Å². The Kier molecular flexibility index (Phi) is 3.96. The van der Waals surface area contributed by atoms with E-state index in [4.69, 9.17) is 0 Å². The van der Waals surface area contributed by atoms with E-state index in [2.05, 4.69) is 27.1 Å². The van der Waals surface area contributed by atoms with E-state index in [-0.39, 0.29) is 5.91 Å². The van der Waals surface area contributed by atoms with Crippen LogP contribution in [0.4, 0.5) is 0 Å². The van der Waals surface area contributed by atoms with Gasteiger partial charge in [0.15, 0.2) is 0 Å². The van der Waals surface area contributed by atoms with Crippen LogP contribution in [0.5, 0.6) is 0 Å². The van der Waals surface area contributed by atoms with Crippen LogP contribution in [-0.4, -0.2) is 58.1 Å². The molecule has 0 saturated carbocycles. The lowest BCUT2D eigenvalue weighted by atomic mass is 10.1. The van der Waals surface area contributed by atoms with Gasteiger partial charge in [0.25, 0.3) is 0 Å². The molecular weight excluding hydrogens is 230 g/mol. The summed E-state index contributed by atoms with van der Waals surface area (Å²) in [5.41, 5.74) is 0. The first-order chi connectivity index (χ1) is 8.58. The van der Waals surface area contributed by atoms with Gasteiger partial charge in [0.2, 0.25) is 5.91 Å². The monoisotopic (exact) mass is 251 g/mol. The third-order valence-corrected chi connectivity index (χ3v) is 3.30. The predicted octanol–water partition coefficient (Wildman–Crippen LogP) is 0.277. The highest BCUT2D eigenvalue weighted by Gasteiger charge is 2.27. The fraction of sp³-hybridized carbons (Fsp3) is 0.750. The number of amides is 1. The van der Waals surface area contributed by atoms with Crippen molar-refractivity contribution < 1.29 is 4.79 Å². The van der Waals surface area contributed by atoms with Crippen LogP contribution in [0.1, 0.15) is 25.0 Å². The number of nitrogens with one attached hydrogen (secondary N) is 1. The van der Waals surface area contributed by atoms with Crippen molar-refractivity contribution in [3.63, 3.8) is 0 Å². The Morgan fingerprint density at radius 2 is 2.33 bits per heavy atom. The van der Waals surface area contributed by atoms with Crippen molar-refractivity contribution in [3.8, 4) is 0 Å². The predicted molar refractivity (Wildman–Crippen MR) is 67.8 cm³/mol. The molecule has 0 spiro atoms. The summed E-state index contributed by atoms with van der Waals surface area (Å²) in [6.07, 6.45) is 1.51. The maximum Gasteiger partial charge on any atom is 0.222 e. The molecule has 0 aliphatic carbocycles. The maximum atomic E-state index is 11.4. The molecule has 0 unspecified atom stereocenters. The Balaban J connectivity index is 1.81. The topological polar surface area (TPSA) is 65.1 Å². The zero-order valence-corrected chi connectivity index (χ0v) is 11.3. The number of carbonyl (C=O) groups is 1. The first kappa shape index (κ1) is 13.0. The number of aryl methyl sites for hydroxylation is 1. The van der Waals surface area contributed by atoms with Crippen LogP contribution in [0, 0.1) is 5.92 Å². The molecular formula is C12H21N5O. The SMILES string of the molecule is CCc1n[nH]c(CN(C)C[C@@H]2CC(=O)N(C)C2)n1. The second kappa shape index (κ2) is 5.48. The van der Waals surface area contributed by atoms with Crippen molar-refractivity contribution in [3.05, 3.63) is 11.6 Å². The molecule has 1 N–H and O–H groups in total. The Morgan fingerprint density at radius 1 is 1.56 bits per heavy atom. The number of likely N-dealkylation sites (tertiary alicyclic amines) is 1. The van der Waals surface area contributed by atoms with Crippen molar-refractivity contribution in [2.24, 2.45) is 5.92 Å². The van der Waals surface area contributed by atoms with Crippen molar-refractivity contribution in [2.75, 3.05) is 27.2 Å². The molecule has 18 heavy (non-hydrogen) atoms. The third-order valence-electron chi connectivity index (χ3n) is 3.30. The normalized spacial score (nSPS) is 20.1. The van der Waals surface area contributed by atoms with Gasteiger partial charge in [0.1, 0.15) is 11.6 Å². The molecule has 1 atom stereocenters. The summed E-state index contributed by atoms with van der Waals surface area (Å²) in [4.78, 5) is 19.8. The zero-order valence-electron chi connectivity index (χ0n) is 11.3. The Morgan fingerprint density at radius 3 is 2.89 bits per heavy atom. The van der Waals surface area contributed by atoms with Crippen LogP contribution in [0.25, 0.3) is 0 Å². The second-order valence-electron chi connectivity index (χ2n) is 5.09. The second-order valence-corrected chi connectivity index (χ2v) is 5.09. The molecule has 1 saturated heterocycles. The van der Waals surface area contributed by atoms with Crippen molar-refractivity contribution in [1.29, 1.82) is 0 Å². The fourth-order valence-corrected chi connectivity index (χ4v) is 2.40. The van der Waals surface area contributed by atoms with Gasteiger partial charge in [-0.2, -0.15) is 5.10 Å². The van der Waals surface area contributed by atoms with Crippen molar-refractivity contribution >= 4 is 5.91 Å². The molecule has 0 aromatic carbocycles. The summed E-state index contributed by atoms with van der Waals surface area (Å²) in [6, 6.07) is 0. The number of nitrogens with zero attached hydrogens (tertiary/aromatic N) is 4. The molecule has 6 heteroatoms. The molecule has 6 nitrogen and oxygen atoms in total. The maximum absolute atomic E-state index is 11.4. The van der Waals surface area contributed by atoms with Crippen molar-refractivity contribution in [2.45, 2.75) is 26.3 Å². The Hall–Kier alpha value is -1.43. The van der Waals surface area contributed by atoms with Gasteiger partial charge >= 0.3 is 0 Å². The van der Waals surface area contributed by atoms with E-state index in [0.29, 0.717) is 12.3 Å². The van der Waals surface area contributed by atoms with Gasteiger partial charge < -0.3 is 4.90 Å². The smallest absolute Gasteiger partial charge is 0.222 e. The van der Waals surface area contributed by atoms with E-state index < -0.39 is 0 Å². The number of H-pyrrole nitrogens is 1. The number of carbonyl (C=O) groups excluding carboxylic acids is 1. The summed E-state index contributed by atoms with van der Waals surface area (Å²) in [7, 11) is 3.92. The van der Waals surface area contributed by atoms with Gasteiger partial charge in [-0.25, -0.2) is 4.98 Å². The minimum absolute atomic E-state index is 0.251. The molecule has 0 radical (unpaired) electrons. The molecule has 1 aromatic heterocycles. The fourth-order valence-electron chi connectivity index (χ4n) is 2.40. The molecule has 2 heterocycles. The lowest BCUT2D eigenvalue weighted by Crippen LogP contribution is -2.27. The number of aromatic nitrogens is 3. The first-order valence-electron chi connectivity index (χ1n) is 6.41. The van der Waals surface area contributed by atoms with Crippen LogP contribution in [0.2, 0.25) is 0 Å². The summed E-state index contributed by atoms with van der Waals surface area (Å²) in [5, 5.41) is 7.07. The molecule has 1 aliphatic heterocycles. The number of hydrogen-bond donors (Lipinski definition) is 1. The van der Waals surface area contributed by atoms with E-state index in [0.717, 1.165) is 37.7 Å². The van der Waals surface area contributed by atoms with E-state index in [1.165, 1.54) is 0 Å². The van der Waals surface area contributed by atoms with Gasteiger partial charge in [-0.05, 0) is 13.0 Å². The summed E-state index contributed by atoms with van der Waals surface area (Å²) < 4.78 is 0. The van der Waals surface area contributed by atoms with Gasteiger partial charge in [-0.3, -0.25) is 14.8 Å². The van der Waals surface area contributed by atoms with Gasteiger partial charge in [0.05, 0.1) is 6.54 Å². The highest BCUT2D eigenvalue weighted by Crippen LogP contribution is 2.17. The largest absolute Gasteiger partial charge is 0.345 e.